The first-order chi connectivity index (χ1) is 4.70. The Morgan fingerprint density at radius 3 is 2.33 bits per heavy atom. The Bertz CT molecular complexity index is 230. The van der Waals surface area contributed by atoms with Crippen LogP contribution in [0.2, 0.25) is 0 Å². The lowest BCUT2D eigenvalue weighted by atomic mass is 10.2. The van der Waals surface area contributed by atoms with Gasteiger partial charge in [0.05, 0.1) is 5.69 Å². The largest absolute Gasteiger partial charge is 0.323 e. The maximum atomic E-state index is 5.60. The van der Waals surface area contributed by atoms with Crippen LogP contribution < -0.4 is 5.73 Å². The Labute approximate surface area is 92.9 Å². The molecule has 0 aliphatic carbocycles. The molecule has 0 saturated carbocycles. The molecule has 0 bridgehead atoms. The summed E-state index contributed by atoms with van der Waals surface area (Å²) in [5, 5.41) is 0. The highest BCUT2D eigenvalue weighted by Gasteiger charge is 1.98. The second kappa shape index (κ2) is 6.66. The average molecular weight is 274 g/mol. The summed E-state index contributed by atoms with van der Waals surface area (Å²) >= 11 is 3.26. The number of hydrogen-bond donors (Lipinski definition) is 1. The molecule has 0 aliphatic heterocycles. The fraction of sp³-hybridized carbons (Fsp3) is 0.286. The van der Waals surface area contributed by atoms with Gasteiger partial charge in [0.1, 0.15) is 4.60 Å². The predicted molar refractivity (Wildman–Crippen MR) is 59.0 cm³/mol. The van der Waals surface area contributed by atoms with E-state index in [0.29, 0.717) is 0 Å². The van der Waals surface area contributed by atoms with Crippen LogP contribution in [0.4, 0.5) is 0 Å². The molecule has 1 rings (SSSR count). The highest BCUT2D eigenvalue weighted by atomic mass is 79.9. The fourth-order valence-electron chi connectivity index (χ4n) is 0.678. The van der Waals surface area contributed by atoms with Gasteiger partial charge in [-0.05, 0) is 35.0 Å². The predicted octanol–water partition coefficient (Wildman–Crippen LogP) is 2.71. The van der Waals surface area contributed by atoms with E-state index < -0.39 is 0 Å². The van der Waals surface area contributed by atoms with Crippen molar-refractivity contribution in [2.24, 2.45) is 5.73 Å². The lowest BCUT2D eigenvalue weighted by Crippen LogP contribution is -2.06. The van der Waals surface area contributed by atoms with Crippen molar-refractivity contribution in [3.05, 3.63) is 28.5 Å². The summed E-state index contributed by atoms with van der Waals surface area (Å²) in [5.74, 6) is 0. The molecule has 1 heterocycles. The molecule has 1 aromatic rings. The Kier molecular flexibility index (Phi) is 8.15. The van der Waals surface area contributed by atoms with Gasteiger partial charge in [-0.2, -0.15) is 0 Å². The Morgan fingerprint density at radius 2 is 2.00 bits per heavy atom. The molecule has 2 N–H and O–H groups in total. The summed E-state index contributed by atoms with van der Waals surface area (Å²) in [6.07, 6.45) is 0. The molecule has 5 heteroatoms. The summed E-state index contributed by atoms with van der Waals surface area (Å²) in [6.45, 7) is 1.91. The minimum atomic E-state index is 0. The maximum absolute atomic E-state index is 5.60. The monoisotopic (exact) mass is 272 g/mol. The molecule has 1 aromatic heterocycles. The van der Waals surface area contributed by atoms with Crippen LogP contribution in [-0.4, -0.2) is 4.98 Å². The number of nitrogens with two attached hydrogens (primary N) is 1. The third-order valence-corrected chi connectivity index (χ3v) is 1.64. The molecular weight excluding hydrogens is 263 g/mol. The molecule has 70 valence electrons. The van der Waals surface area contributed by atoms with Gasteiger partial charge in [0.2, 0.25) is 0 Å². The van der Waals surface area contributed by atoms with E-state index >= 15 is 0 Å². The molecular formula is C7H11BrCl2N2. The van der Waals surface area contributed by atoms with Crippen LogP contribution in [0.3, 0.4) is 0 Å². The van der Waals surface area contributed by atoms with Crippen LogP contribution in [-0.2, 0) is 0 Å². The molecule has 0 radical (unpaired) electrons. The van der Waals surface area contributed by atoms with E-state index in [9.17, 15) is 0 Å². The second-order valence-corrected chi connectivity index (χ2v) is 2.99. The van der Waals surface area contributed by atoms with Gasteiger partial charge in [0.15, 0.2) is 0 Å². The van der Waals surface area contributed by atoms with E-state index in [2.05, 4.69) is 20.9 Å². The number of halogens is 3. The van der Waals surface area contributed by atoms with Gasteiger partial charge in [-0.3, -0.25) is 0 Å². The highest BCUT2D eigenvalue weighted by molar-refractivity contribution is 9.10. The van der Waals surface area contributed by atoms with Gasteiger partial charge in [-0.25, -0.2) is 4.98 Å². The summed E-state index contributed by atoms with van der Waals surface area (Å²) in [5.41, 5.74) is 6.51. The Balaban J connectivity index is 0. The van der Waals surface area contributed by atoms with E-state index in [4.69, 9.17) is 5.73 Å². The maximum Gasteiger partial charge on any atom is 0.106 e. The minimum absolute atomic E-state index is 0. The molecule has 0 fully saturated rings. The first-order valence-corrected chi connectivity index (χ1v) is 3.87. The number of pyridine rings is 1. The standard InChI is InChI=1S/C7H9BrN2.2ClH/c1-5(9)6-3-2-4-7(8)10-6;;/h2-5H,9H2,1H3;2*1H/t5-;;/m1../s1. The molecule has 0 spiro atoms. The van der Waals surface area contributed by atoms with Crippen LogP contribution in [0.15, 0.2) is 22.8 Å². The Morgan fingerprint density at radius 1 is 1.42 bits per heavy atom. The van der Waals surface area contributed by atoms with Crippen molar-refractivity contribution in [2.75, 3.05) is 0 Å². The van der Waals surface area contributed by atoms with Gasteiger partial charge in [-0.1, -0.05) is 6.07 Å². The van der Waals surface area contributed by atoms with Crippen LogP contribution in [0, 0.1) is 0 Å². The smallest absolute Gasteiger partial charge is 0.106 e. The third kappa shape index (κ3) is 4.26. The van der Waals surface area contributed by atoms with Crippen molar-refractivity contribution in [1.29, 1.82) is 0 Å². The van der Waals surface area contributed by atoms with Gasteiger partial charge < -0.3 is 5.73 Å². The first-order valence-electron chi connectivity index (χ1n) is 3.08. The summed E-state index contributed by atoms with van der Waals surface area (Å²) in [6, 6.07) is 5.73. The van der Waals surface area contributed by atoms with Crippen LogP contribution in [0.25, 0.3) is 0 Å². The summed E-state index contributed by atoms with van der Waals surface area (Å²) in [4.78, 5) is 4.16. The van der Waals surface area contributed by atoms with Crippen molar-refractivity contribution in [2.45, 2.75) is 13.0 Å². The molecule has 12 heavy (non-hydrogen) atoms. The topological polar surface area (TPSA) is 38.9 Å². The normalized spacial score (nSPS) is 10.9. The fourth-order valence-corrected chi connectivity index (χ4v) is 1.03. The van der Waals surface area contributed by atoms with Crippen molar-refractivity contribution in [1.82, 2.24) is 4.98 Å². The van der Waals surface area contributed by atoms with Crippen molar-refractivity contribution in [3.63, 3.8) is 0 Å². The van der Waals surface area contributed by atoms with Crippen LogP contribution in [0.5, 0.6) is 0 Å². The summed E-state index contributed by atoms with van der Waals surface area (Å²) in [7, 11) is 0. The van der Waals surface area contributed by atoms with Crippen LogP contribution >= 0.6 is 40.7 Å². The molecule has 0 aliphatic rings. The first kappa shape index (κ1) is 14.7. The van der Waals surface area contributed by atoms with Crippen molar-refractivity contribution < 1.29 is 0 Å². The molecule has 2 nitrogen and oxygen atoms in total. The average Bonchev–Trinajstić information content (AvgIpc) is 1.88. The highest BCUT2D eigenvalue weighted by Crippen LogP contribution is 2.10. The lowest BCUT2D eigenvalue weighted by molar-refractivity contribution is 0.778. The molecule has 1 atom stereocenters. The van der Waals surface area contributed by atoms with Gasteiger partial charge >= 0.3 is 0 Å². The third-order valence-electron chi connectivity index (χ3n) is 1.20. The zero-order chi connectivity index (χ0) is 7.56. The number of rotatable bonds is 1. The number of nitrogens with zero attached hydrogens (tertiary/aromatic N) is 1. The van der Waals surface area contributed by atoms with Crippen LogP contribution in [0.1, 0.15) is 18.7 Å². The number of hydrogen-bond acceptors (Lipinski definition) is 2. The molecule has 0 unspecified atom stereocenters. The minimum Gasteiger partial charge on any atom is -0.323 e. The zero-order valence-corrected chi connectivity index (χ0v) is 9.75. The van der Waals surface area contributed by atoms with Gasteiger partial charge in [-0.15, -0.1) is 24.8 Å². The lowest BCUT2D eigenvalue weighted by Gasteiger charge is -2.02. The Hall–Kier alpha value is 0.170. The quantitative estimate of drug-likeness (QED) is 0.799. The summed E-state index contributed by atoms with van der Waals surface area (Å²) < 4.78 is 0.835. The van der Waals surface area contributed by atoms with E-state index in [0.717, 1.165) is 10.3 Å². The van der Waals surface area contributed by atoms with E-state index in [1.807, 2.05) is 25.1 Å². The van der Waals surface area contributed by atoms with Crippen molar-refractivity contribution in [3.8, 4) is 0 Å². The van der Waals surface area contributed by atoms with E-state index in [1.54, 1.807) is 0 Å². The molecule has 0 amide bonds. The molecule has 0 aromatic carbocycles. The van der Waals surface area contributed by atoms with E-state index in [-0.39, 0.29) is 30.9 Å². The van der Waals surface area contributed by atoms with Gasteiger partial charge in [0.25, 0.3) is 0 Å². The molecule has 0 saturated heterocycles. The SMILES string of the molecule is C[C@@H](N)c1cccc(Br)n1.Cl.Cl. The number of aromatic nitrogens is 1. The van der Waals surface area contributed by atoms with Gasteiger partial charge in [0, 0.05) is 6.04 Å². The zero-order valence-electron chi connectivity index (χ0n) is 6.53. The van der Waals surface area contributed by atoms with Crippen molar-refractivity contribution >= 4 is 40.7 Å². The van der Waals surface area contributed by atoms with E-state index in [1.165, 1.54) is 0 Å². The second-order valence-electron chi connectivity index (χ2n) is 2.17.